The van der Waals surface area contributed by atoms with E-state index in [1.54, 1.807) is 13.0 Å². The van der Waals surface area contributed by atoms with Crippen molar-refractivity contribution in [2.75, 3.05) is 17.7 Å². The van der Waals surface area contributed by atoms with Gasteiger partial charge in [0, 0.05) is 0 Å². The van der Waals surface area contributed by atoms with Gasteiger partial charge in [0.1, 0.15) is 5.82 Å². The SMILES string of the molecule is CCOC(=O)Nc1ncc(N)cc1Br. The third kappa shape index (κ3) is 2.88. The van der Waals surface area contributed by atoms with Crippen LogP contribution >= 0.6 is 15.9 Å². The van der Waals surface area contributed by atoms with Crippen LogP contribution in [0, 0.1) is 0 Å². The molecule has 1 rings (SSSR count). The van der Waals surface area contributed by atoms with Crippen LogP contribution in [0.1, 0.15) is 6.92 Å². The standard InChI is InChI=1S/C8H10BrN3O2/c1-2-14-8(13)12-7-6(9)3-5(10)4-11-7/h3-4H,2,10H2,1H3,(H,11,12,13). The molecule has 0 radical (unpaired) electrons. The fourth-order valence-corrected chi connectivity index (χ4v) is 1.27. The molecule has 0 bridgehead atoms. The summed E-state index contributed by atoms with van der Waals surface area (Å²) in [6.45, 7) is 2.05. The van der Waals surface area contributed by atoms with Gasteiger partial charge in [0.25, 0.3) is 0 Å². The number of hydrogen-bond donors (Lipinski definition) is 2. The average molecular weight is 260 g/mol. The van der Waals surface area contributed by atoms with Gasteiger partial charge in [-0.3, -0.25) is 5.32 Å². The monoisotopic (exact) mass is 259 g/mol. The van der Waals surface area contributed by atoms with Crippen LogP contribution < -0.4 is 11.1 Å². The van der Waals surface area contributed by atoms with Crippen molar-refractivity contribution in [3.05, 3.63) is 16.7 Å². The Balaban J connectivity index is 2.72. The molecular weight excluding hydrogens is 250 g/mol. The Kier molecular flexibility index (Phi) is 3.70. The third-order valence-electron chi connectivity index (χ3n) is 1.36. The summed E-state index contributed by atoms with van der Waals surface area (Å²) in [5.41, 5.74) is 6.00. The van der Waals surface area contributed by atoms with E-state index in [4.69, 9.17) is 5.73 Å². The second-order valence-electron chi connectivity index (χ2n) is 2.44. The lowest BCUT2D eigenvalue weighted by atomic mass is 10.4. The van der Waals surface area contributed by atoms with Crippen molar-refractivity contribution in [2.24, 2.45) is 0 Å². The van der Waals surface area contributed by atoms with Crippen molar-refractivity contribution in [3.8, 4) is 0 Å². The van der Waals surface area contributed by atoms with Gasteiger partial charge in [-0.05, 0) is 28.9 Å². The van der Waals surface area contributed by atoms with Gasteiger partial charge in [-0.2, -0.15) is 0 Å². The van der Waals surface area contributed by atoms with E-state index in [0.29, 0.717) is 22.6 Å². The number of nitrogens with two attached hydrogens (primary N) is 1. The van der Waals surface area contributed by atoms with Crippen molar-refractivity contribution < 1.29 is 9.53 Å². The first kappa shape index (κ1) is 10.8. The summed E-state index contributed by atoms with van der Waals surface area (Å²) < 4.78 is 5.31. The molecule has 0 spiro atoms. The topological polar surface area (TPSA) is 77.2 Å². The normalized spacial score (nSPS) is 9.57. The predicted octanol–water partition coefficient (Wildman–Crippen LogP) is 1.99. The van der Waals surface area contributed by atoms with Crippen LogP contribution in [-0.2, 0) is 4.74 Å². The average Bonchev–Trinajstić information content (AvgIpc) is 2.10. The maximum atomic E-state index is 11.0. The number of carbonyl (C=O) groups excluding carboxylic acids is 1. The lowest BCUT2D eigenvalue weighted by Gasteiger charge is -2.06. The number of nitrogen functional groups attached to an aromatic ring is 1. The molecule has 0 aliphatic heterocycles. The number of nitrogens with zero attached hydrogens (tertiary/aromatic N) is 1. The molecule has 0 aliphatic rings. The van der Waals surface area contributed by atoms with Gasteiger partial charge >= 0.3 is 6.09 Å². The second kappa shape index (κ2) is 4.80. The number of ether oxygens (including phenoxy) is 1. The molecule has 0 saturated carbocycles. The van der Waals surface area contributed by atoms with E-state index in [0.717, 1.165) is 0 Å². The van der Waals surface area contributed by atoms with Gasteiger partial charge < -0.3 is 10.5 Å². The summed E-state index contributed by atoms with van der Waals surface area (Å²) in [7, 11) is 0. The molecule has 1 aromatic heterocycles. The largest absolute Gasteiger partial charge is 0.450 e. The van der Waals surface area contributed by atoms with Gasteiger partial charge in [0.05, 0.1) is 23.0 Å². The zero-order chi connectivity index (χ0) is 10.6. The van der Waals surface area contributed by atoms with Crippen molar-refractivity contribution in [1.82, 2.24) is 4.98 Å². The molecule has 0 fully saturated rings. The number of rotatable bonds is 2. The summed E-state index contributed by atoms with van der Waals surface area (Å²) in [5, 5.41) is 2.46. The van der Waals surface area contributed by atoms with E-state index in [9.17, 15) is 4.79 Å². The number of pyridine rings is 1. The van der Waals surface area contributed by atoms with Crippen molar-refractivity contribution in [2.45, 2.75) is 6.92 Å². The molecule has 0 aromatic carbocycles. The lowest BCUT2D eigenvalue weighted by molar-refractivity contribution is 0.168. The van der Waals surface area contributed by atoms with Crippen LogP contribution in [0.5, 0.6) is 0 Å². The Morgan fingerprint density at radius 2 is 2.50 bits per heavy atom. The highest BCUT2D eigenvalue weighted by Gasteiger charge is 2.06. The second-order valence-corrected chi connectivity index (χ2v) is 3.30. The molecule has 1 aromatic rings. The van der Waals surface area contributed by atoms with Crippen molar-refractivity contribution in [1.29, 1.82) is 0 Å². The number of nitrogens with one attached hydrogen (secondary N) is 1. The van der Waals surface area contributed by atoms with Crippen molar-refractivity contribution >= 4 is 33.5 Å². The smallest absolute Gasteiger partial charge is 0.412 e. The highest BCUT2D eigenvalue weighted by atomic mass is 79.9. The van der Waals surface area contributed by atoms with E-state index >= 15 is 0 Å². The Morgan fingerprint density at radius 1 is 1.79 bits per heavy atom. The van der Waals surface area contributed by atoms with Gasteiger partial charge in [-0.15, -0.1) is 0 Å². The van der Waals surface area contributed by atoms with Crippen LogP contribution in [0.4, 0.5) is 16.3 Å². The third-order valence-corrected chi connectivity index (χ3v) is 1.96. The maximum absolute atomic E-state index is 11.0. The Hall–Kier alpha value is -1.30. The highest BCUT2D eigenvalue weighted by molar-refractivity contribution is 9.10. The Morgan fingerprint density at radius 3 is 3.07 bits per heavy atom. The minimum Gasteiger partial charge on any atom is -0.450 e. The number of anilines is 2. The summed E-state index contributed by atoms with van der Waals surface area (Å²) in [4.78, 5) is 14.9. The summed E-state index contributed by atoms with van der Waals surface area (Å²) in [5.74, 6) is 0.387. The van der Waals surface area contributed by atoms with Crippen LogP contribution in [0.3, 0.4) is 0 Å². The van der Waals surface area contributed by atoms with Crippen LogP contribution in [0.25, 0.3) is 0 Å². The fourth-order valence-electron chi connectivity index (χ4n) is 0.809. The molecule has 0 aliphatic carbocycles. The van der Waals surface area contributed by atoms with Crippen LogP contribution in [0.2, 0.25) is 0 Å². The van der Waals surface area contributed by atoms with E-state index in [1.165, 1.54) is 6.20 Å². The summed E-state index contributed by atoms with van der Waals surface area (Å²) >= 11 is 3.21. The minimum absolute atomic E-state index is 0.318. The molecule has 14 heavy (non-hydrogen) atoms. The maximum Gasteiger partial charge on any atom is 0.412 e. The number of aromatic nitrogens is 1. The van der Waals surface area contributed by atoms with Gasteiger partial charge in [-0.25, -0.2) is 9.78 Å². The van der Waals surface area contributed by atoms with E-state index < -0.39 is 6.09 Å². The van der Waals surface area contributed by atoms with Crippen LogP contribution in [0.15, 0.2) is 16.7 Å². The first-order valence-corrected chi connectivity index (χ1v) is 4.77. The fraction of sp³-hybridized carbons (Fsp3) is 0.250. The Labute approximate surface area is 89.8 Å². The predicted molar refractivity (Wildman–Crippen MR) is 57.0 cm³/mol. The van der Waals surface area contributed by atoms with Crippen LogP contribution in [-0.4, -0.2) is 17.7 Å². The molecule has 3 N–H and O–H groups in total. The zero-order valence-corrected chi connectivity index (χ0v) is 9.17. The molecule has 6 heteroatoms. The number of halogens is 1. The number of amides is 1. The first-order valence-electron chi connectivity index (χ1n) is 3.98. The van der Waals surface area contributed by atoms with Gasteiger partial charge in [0.2, 0.25) is 0 Å². The lowest BCUT2D eigenvalue weighted by Crippen LogP contribution is -2.14. The van der Waals surface area contributed by atoms with E-state index in [2.05, 4.69) is 31.0 Å². The van der Waals surface area contributed by atoms with Gasteiger partial charge in [0.15, 0.2) is 0 Å². The van der Waals surface area contributed by atoms with E-state index in [1.807, 2.05) is 0 Å². The number of hydrogen-bond acceptors (Lipinski definition) is 4. The summed E-state index contributed by atoms with van der Waals surface area (Å²) in [6.07, 6.45) is 0.914. The zero-order valence-electron chi connectivity index (χ0n) is 7.58. The quantitative estimate of drug-likeness (QED) is 0.852. The highest BCUT2D eigenvalue weighted by Crippen LogP contribution is 2.21. The molecule has 0 unspecified atom stereocenters. The number of carbonyl (C=O) groups is 1. The molecule has 5 nitrogen and oxygen atoms in total. The Bertz CT molecular complexity index is 343. The molecule has 0 saturated heterocycles. The summed E-state index contributed by atoms with van der Waals surface area (Å²) in [6, 6.07) is 1.65. The molecular formula is C8H10BrN3O2. The molecule has 76 valence electrons. The molecule has 1 amide bonds. The molecule has 1 heterocycles. The first-order chi connectivity index (χ1) is 6.63. The minimum atomic E-state index is -0.537. The molecule has 0 atom stereocenters. The van der Waals surface area contributed by atoms with Gasteiger partial charge in [-0.1, -0.05) is 0 Å². The van der Waals surface area contributed by atoms with Crippen molar-refractivity contribution in [3.63, 3.8) is 0 Å². The van der Waals surface area contributed by atoms with E-state index in [-0.39, 0.29) is 0 Å².